The first-order valence-electron chi connectivity index (χ1n) is 7.90. The number of nitriles is 1. The van der Waals surface area contributed by atoms with Crippen LogP contribution in [0, 0.1) is 11.3 Å². The number of nitrogens with one attached hydrogen (secondary N) is 2. The quantitative estimate of drug-likeness (QED) is 0.701. The molecule has 0 fully saturated rings. The first-order chi connectivity index (χ1) is 12.7. The van der Waals surface area contributed by atoms with Gasteiger partial charge in [-0.25, -0.2) is 4.98 Å². The van der Waals surface area contributed by atoms with Crippen molar-refractivity contribution in [3.8, 4) is 6.07 Å². The molecule has 0 unspecified atom stereocenters. The molecule has 0 aliphatic heterocycles. The highest BCUT2D eigenvalue weighted by molar-refractivity contribution is 6.31. The number of amides is 1. The van der Waals surface area contributed by atoms with Crippen LogP contribution in [-0.4, -0.2) is 10.9 Å². The molecule has 0 aliphatic carbocycles. The van der Waals surface area contributed by atoms with Gasteiger partial charge in [0.1, 0.15) is 5.69 Å². The minimum atomic E-state index is -0.335. The van der Waals surface area contributed by atoms with Gasteiger partial charge in [-0.15, -0.1) is 0 Å². The van der Waals surface area contributed by atoms with Gasteiger partial charge in [-0.1, -0.05) is 35.9 Å². The van der Waals surface area contributed by atoms with Gasteiger partial charge in [0.2, 0.25) is 0 Å². The molecule has 2 N–H and O–H groups in total. The number of benzene rings is 2. The average molecular weight is 363 g/mol. The normalized spacial score (nSPS) is 10.0. The number of halogens is 1. The fourth-order valence-electron chi connectivity index (χ4n) is 2.33. The van der Waals surface area contributed by atoms with E-state index < -0.39 is 0 Å². The molecule has 3 aromatic rings. The van der Waals surface area contributed by atoms with E-state index in [1.54, 1.807) is 42.6 Å². The highest BCUT2D eigenvalue weighted by Gasteiger charge is 2.08. The Kier molecular flexibility index (Phi) is 5.47. The summed E-state index contributed by atoms with van der Waals surface area (Å²) >= 11 is 6.13. The predicted octanol–water partition coefficient (Wildman–Crippen LogP) is 4.47. The molecule has 1 amide bonds. The van der Waals surface area contributed by atoms with Gasteiger partial charge in [0.25, 0.3) is 5.91 Å². The van der Waals surface area contributed by atoms with Crippen LogP contribution in [-0.2, 0) is 6.54 Å². The Balaban J connectivity index is 1.62. The van der Waals surface area contributed by atoms with Crippen molar-refractivity contribution in [1.82, 2.24) is 4.98 Å². The van der Waals surface area contributed by atoms with Crippen LogP contribution in [0.5, 0.6) is 0 Å². The lowest BCUT2D eigenvalue weighted by atomic mass is 10.2. The fraction of sp³-hybridized carbons (Fsp3) is 0.0500. The molecule has 0 atom stereocenters. The number of hydrogen-bond acceptors (Lipinski definition) is 4. The van der Waals surface area contributed by atoms with Crippen LogP contribution in [0.1, 0.15) is 21.6 Å². The molecular formula is C20H15ClN4O. The molecule has 0 saturated carbocycles. The van der Waals surface area contributed by atoms with E-state index in [9.17, 15) is 4.79 Å². The van der Waals surface area contributed by atoms with Gasteiger partial charge >= 0.3 is 0 Å². The van der Waals surface area contributed by atoms with Gasteiger partial charge in [0.05, 0.1) is 23.5 Å². The topological polar surface area (TPSA) is 77.8 Å². The van der Waals surface area contributed by atoms with Crippen LogP contribution in [0.25, 0.3) is 0 Å². The molecule has 0 bridgehead atoms. The molecule has 0 spiro atoms. The summed E-state index contributed by atoms with van der Waals surface area (Å²) in [6.45, 7) is 0.563. The van der Waals surface area contributed by atoms with Crippen molar-refractivity contribution in [3.05, 3.63) is 88.7 Å². The summed E-state index contributed by atoms with van der Waals surface area (Å²) < 4.78 is 0. The number of carbonyl (C=O) groups is 1. The van der Waals surface area contributed by atoms with Crippen molar-refractivity contribution in [1.29, 1.82) is 5.26 Å². The molecule has 26 heavy (non-hydrogen) atoms. The first-order valence-corrected chi connectivity index (χ1v) is 8.28. The Hall–Kier alpha value is -3.36. The SMILES string of the molecule is N#Cc1cccc(NC(=O)c2ccc(NCc3ccccc3Cl)cn2)c1. The molecule has 1 aromatic heterocycles. The maximum absolute atomic E-state index is 12.3. The lowest BCUT2D eigenvalue weighted by molar-refractivity contribution is 0.102. The fourth-order valence-corrected chi connectivity index (χ4v) is 2.54. The van der Waals surface area contributed by atoms with Crippen LogP contribution in [0.2, 0.25) is 5.02 Å². The molecule has 0 saturated heterocycles. The summed E-state index contributed by atoms with van der Waals surface area (Å²) in [5.74, 6) is -0.335. The van der Waals surface area contributed by atoms with Crippen molar-refractivity contribution in [2.45, 2.75) is 6.54 Å². The van der Waals surface area contributed by atoms with Crippen molar-refractivity contribution in [2.24, 2.45) is 0 Å². The monoisotopic (exact) mass is 362 g/mol. The number of pyridine rings is 1. The maximum atomic E-state index is 12.3. The molecule has 5 nitrogen and oxygen atoms in total. The third-order valence-electron chi connectivity index (χ3n) is 3.69. The zero-order chi connectivity index (χ0) is 18.4. The van der Waals surface area contributed by atoms with Gasteiger partial charge in [0.15, 0.2) is 0 Å². The van der Waals surface area contributed by atoms with Gasteiger partial charge in [-0.3, -0.25) is 4.79 Å². The van der Waals surface area contributed by atoms with Gasteiger partial charge in [-0.2, -0.15) is 5.26 Å². The zero-order valence-corrected chi connectivity index (χ0v) is 14.5. The third-order valence-corrected chi connectivity index (χ3v) is 4.06. The summed E-state index contributed by atoms with van der Waals surface area (Å²) in [6, 6.07) is 19.8. The number of carbonyl (C=O) groups excluding carboxylic acids is 1. The van der Waals surface area contributed by atoms with Crippen molar-refractivity contribution >= 4 is 28.9 Å². The molecule has 2 aromatic carbocycles. The zero-order valence-electron chi connectivity index (χ0n) is 13.7. The Labute approximate surface area is 156 Å². The number of rotatable bonds is 5. The van der Waals surface area contributed by atoms with Crippen LogP contribution in [0.15, 0.2) is 66.9 Å². The smallest absolute Gasteiger partial charge is 0.274 e. The van der Waals surface area contributed by atoms with Gasteiger partial charge in [0, 0.05) is 17.3 Å². The van der Waals surface area contributed by atoms with Crippen molar-refractivity contribution in [3.63, 3.8) is 0 Å². The summed E-state index contributed by atoms with van der Waals surface area (Å²) in [6.07, 6.45) is 1.59. The van der Waals surface area contributed by atoms with Gasteiger partial charge in [-0.05, 0) is 42.0 Å². The number of anilines is 2. The van der Waals surface area contributed by atoms with Crippen LogP contribution in [0.3, 0.4) is 0 Å². The van der Waals surface area contributed by atoms with E-state index in [0.717, 1.165) is 11.3 Å². The lowest BCUT2D eigenvalue weighted by Gasteiger charge is -2.09. The Morgan fingerprint density at radius 2 is 1.92 bits per heavy atom. The standard InChI is InChI=1S/C20H15ClN4O/c21-18-7-2-1-5-15(18)12-23-17-8-9-19(24-13-17)20(26)25-16-6-3-4-14(10-16)11-22/h1-10,13,23H,12H2,(H,25,26). The first kappa shape index (κ1) is 17.5. The van der Waals surface area contributed by atoms with E-state index in [1.165, 1.54) is 0 Å². The van der Waals surface area contributed by atoms with Gasteiger partial charge < -0.3 is 10.6 Å². The van der Waals surface area contributed by atoms with E-state index in [-0.39, 0.29) is 11.6 Å². The molecule has 6 heteroatoms. The van der Waals surface area contributed by atoms with Crippen LogP contribution in [0.4, 0.5) is 11.4 Å². The second kappa shape index (κ2) is 8.15. The predicted molar refractivity (Wildman–Crippen MR) is 102 cm³/mol. The molecule has 0 aliphatic rings. The minimum Gasteiger partial charge on any atom is -0.380 e. The van der Waals surface area contributed by atoms with Crippen LogP contribution < -0.4 is 10.6 Å². The Morgan fingerprint density at radius 3 is 2.65 bits per heavy atom. The molecular weight excluding hydrogens is 348 g/mol. The van der Waals surface area contributed by atoms with Crippen molar-refractivity contribution < 1.29 is 4.79 Å². The summed E-state index contributed by atoms with van der Waals surface area (Å²) in [5, 5.41) is 15.5. The van der Waals surface area contributed by atoms with E-state index >= 15 is 0 Å². The van der Waals surface area contributed by atoms with Crippen molar-refractivity contribution in [2.75, 3.05) is 10.6 Å². The number of aromatic nitrogens is 1. The summed E-state index contributed by atoms with van der Waals surface area (Å²) in [4.78, 5) is 16.4. The third kappa shape index (κ3) is 4.38. The van der Waals surface area contributed by atoms with E-state index in [1.807, 2.05) is 30.3 Å². The number of nitrogens with zero attached hydrogens (tertiary/aromatic N) is 2. The molecule has 1 heterocycles. The molecule has 128 valence electrons. The van der Waals surface area contributed by atoms with E-state index in [4.69, 9.17) is 16.9 Å². The maximum Gasteiger partial charge on any atom is 0.274 e. The van der Waals surface area contributed by atoms with E-state index in [2.05, 4.69) is 15.6 Å². The highest BCUT2D eigenvalue weighted by Crippen LogP contribution is 2.17. The Morgan fingerprint density at radius 1 is 1.08 bits per heavy atom. The Bertz CT molecular complexity index is 964. The highest BCUT2D eigenvalue weighted by atomic mass is 35.5. The average Bonchev–Trinajstić information content (AvgIpc) is 2.68. The lowest BCUT2D eigenvalue weighted by Crippen LogP contribution is -2.13. The van der Waals surface area contributed by atoms with E-state index in [0.29, 0.717) is 22.8 Å². The molecule has 3 rings (SSSR count). The summed E-state index contributed by atoms with van der Waals surface area (Å²) in [5.41, 5.74) is 3.09. The molecule has 0 radical (unpaired) electrons. The second-order valence-electron chi connectivity index (χ2n) is 5.52. The summed E-state index contributed by atoms with van der Waals surface area (Å²) in [7, 11) is 0. The second-order valence-corrected chi connectivity index (χ2v) is 5.93. The number of hydrogen-bond donors (Lipinski definition) is 2. The largest absolute Gasteiger partial charge is 0.380 e. The van der Waals surface area contributed by atoms with Crippen LogP contribution >= 0.6 is 11.6 Å². The minimum absolute atomic E-state index is 0.288.